The van der Waals surface area contributed by atoms with Crippen molar-refractivity contribution in [3.05, 3.63) is 59.7 Å². The van der Waals surface area contributed by atoms with Crippen LogP contribution < -0.4 is 15.1 Å². The van der Waals surface area contributed by atoms with Crippen LogP contribution in [0.15, 0.2) is 54.1 Å². The standard InChI is InChI=1S/C29H27BCl2N2O8/c1-3-42-20-9-5-8-18(23(20)35)22-16-10-11-17-21(19(16)13-28(31)26(38)33(2)27(39)29(22,28)32)25(37)34(24(17)36)15-7-4-6-14(12-15)30(40)41/h4-10,12,17,19,21-22,35,40-41H,3,11,13H2,1-2H3. The van der Waals surface area contributed by atoms with Crippen LogP contribution in [0.1, 0.15) is 31.2 Å². The lowest BCUT2D eigenvalue weighted by molar-refractivity contribution is -0.138. The first kappa shape index (κ1) is 28.7. The smallest absolute Gasteiger partial charge is 0.488 e. The van der Waals surface area contributed by atoms with E-state index in [0.717, 1.165) is 9.80 Å². The summed E-state index contributed by atoms with van der Waals surface area (Å²) in [6.07, 6.45) is 1.72. The molecular formula is C29H27BCl2N2O8. The van der Waals surface area contributed by atoms with E-state index in [0.29, 0.717) is 5.57 Å². The maximum atomic E-state index is 14.1. The maximum Gasteiger partial charge on any atom is 0.488 e. The Kier molecular flexibility index (Phi) is 6.73. The number of aromatic hydroxyl groups is 1. The SMILES string of the molecule is CCOc1cccc(C2C3=CCC4C(=O)N(c5cccc(B(O)O)c5)C(=O)C4C3CC3(Cl)C(=O)N(C)C(=O)C23Cl)c1O. The Morgan fingerprint density at radius 3 is 2.43 bits per heavy atom. The van der Waals surface area contributed by atoms with E-state index < -0.39 is 64.2 Å². The molecule has 0 spiro atoms. The lowest BCUT2D eigenvalue weighted by Crippen LogP contribution is -2.60. The number of benzene rings is 2. The molecule has 1 saturated carbocycles. The predicted octanol–water partition coefficient (Wildman–Crippen LogP) is 1.66. The highest BCUT2D eigenvalue weighted by molar-refractivity contribution is 6.58. The van der Waals surface area contributed by atoms with Crippen LogP contribution in [-0.2, 0) is 19.2 Å². The second-order valence-corrected chi connectivity index (χ2v) is 12.3. The molecule has 0 bridgehead atoms. The van der Waals surface area contributed by atoms with Gasteiger partial charge in [0.1, 0.15) is 0 Å². The Labute approximate surface area is 251 Å². The molecule has 0 radical (unpaired) electrons. The van der Waals surface area contributed by atoms with Crippen molar-refractivity contribution in [3.63, 3.8) is 0 Å². The van der Waals surface area contributed by atoms with Crippen LogP contribution in [0.25, 0.3) is 0 Å². The summed E-state index contributed by atoms with van der Waals surface area (Å²) in [6, 6.07) is 10.6. The number of hydrogen-bond acceptors (Lipinski definition) is 8. The number of allylic oxidation sites excluding steroid dienone is 2. The van der Waals surface area contributed by atoms with Crippen molar-refractivity contribution in [2.45, 2.75) is 35.4 Å². The number of alkyl halides is 2. The number of imide groups is 2. The van der Waals surface area contributed by atoms with Crippen molar-refractivity contribution in [1.29, 1.82) is 0 Å². The maximum absolute atomic E-state index is 14.1. The molecule has 42 heavy (non-hydrogen) atoms. The number of nitrogens with zero attached hydrogens (tertiary/aromatic N) is 2. The third-order valence-corrected chi connectivity index (χ3v) is 10.5. The van der Waals surface area contributed by atoms with Gasteiger partial charge in [-0.05, 0) is 49.3 Å². The van der Waals surface area contributed by atoms with Gasteiger partial charge in [0.05, 0.1) is 24.1 Å². The average molecular weight is 613 g/mol. The molecule has 3 N–H and O–H groups in total. The Morgan fingerprint density at radius 2 is 1.74 bits per heavy atom. The van der Waals surface area contributed by atoms with E-state index in [1.54, 1.807) is 31.2 Å². The summed E-state index contributed by atoms with van der Waals surface area (Å²) in [7, 11) is -0.511. The van der Waals surface area contributed by atoms with Crippen LogP contribution in [0.3, 0.4) is 0 Å². The highest BCUT2D eigenvalue weighted by Gasteiger charge is 2.76. The first-order valence-electron chi connectivity index (χ1n) is 13.6. The van der Waals surface area contributed by atoms with Gasteiger partial charge in [-0.25, -0.2) is 0 Å². The molecular weight excluding hydrogens is 586 g/mol. The number of carbonyl (C=O) groups is 4. The van der Waals surface area contributed by atoms with Crippen LogP contribution in [-0.4, -0.2) is 74.2 Å². The first-order chi connectivity index (χ1) is 19.9. The fourth-order valence-corrected chi connectivity index (χ4v) is 8.22. The number of phenolic OH excluding ortho intramolecular Hbond substituents is 1. The molecule has 6 atom stereocenters. The van der Waals surface area contributed by atoms with Gasteiger partial charge in [0.2, 0.25) is 11.8 Å². The van der Waals surface area contributed by atoms with Crippen molar-refractivity contribution in [3.8, 4) is 11.5 Å². The van der Waals surface area contributed by atoms with Gasteiger partial charge in [0.15, 0.2) is 21.2 Å². The van der Waals surface area contributed by atoms with Crippen LogP contribution >= 0.6 is 23.2 Å². The van der Waals surface area contributed by atoms with Crippen LogP contribution in [0, 0.1) is 17.8 Å². The van der Waals surface area contributed by atoms with Gasteiger partial charge < -0.3 is 19.9 Å². The molecule has 13 heteroatoms. The Balaban J connectivity index is 1.51. The number of para-hydroxylation sites is 1. The van der Waals surface area contributed by atoms with Crippen LogP contribution in [0.2, 0.25) is 0 Å². The molecule has 2 heterocycles. The zero-order chi connectivity index (χ0) is 30.3. The van der Waals surface area contributed by atoms with Crippen LogP contribution in [0.5, 0.6) is 11.5 Å². The monoisotopic (exact) mass is 612 g/mol. The summed E-state index contributed by atoms with van der Waals surface area (Å²) in [4.78, 5) is 52.9. The number of rotatable bonds is 5. The van der Waals surface area contributed by atoms with E-state index in [4.69, 9.17) is 27.9 Å². The highest BCUT2D eigenvalue weighted by atomic mass is 35.5. The average Bonchev–Trinajstić information content (AvgIpc) is 3.29. The number of likely N-dealkylation sites (tertiary alicyclic amines) is 1. The minimum atomic E-state index is -2.03. The number of amides is 4. The molecule has 6 rings (SSSR count). The molecule has 2 saturated heterocycles. The Hall–Kier alpha value is -3.38. The number of halogens is 2. The lowest BCUT2D eigenvalue weighted by Gasteiger charge is -2.50. The quantitative estimate of drug-likeness (QED) is 0.200. The fourth-order valence-electron chi connectivity index (χ4n) is 7.21. The summed E-state index contributed by atoms with van der Waals surface area (Å²) in [5, 5.41) is 30.6. The van der Waals surface area contributed by atoms with Gasteiger partial charge in [-0.1, -0.05) is 35.9 Å². The number of anilines is 1. The molecule has 4 amide bonds. The molecule has 3 fully saturated rings. The van der Waals surface area contributed by atoms with E-state index in [2.05, 4.69) is 0 Å². The summed E-state index contributed by atoms with van der Waals surface area (Å²) in [5.41, 5.74) is 1.03. The molecule has 4 aliphatic rings. The van der Waals surface area contributed by atoms with Crippen molar-refractivity contribution in [1.82, 2.24) is 4.90 Å². The molecule has 2 aromatic carbocycles. The Bertz CT molecular complexity index is 1580. The molecule has 0 aromatic heterocycles. The summed E-state index contributed by atoms with van der Waals surface area (Å²) < 4.78 is 5.58. The summed E-state index contributed by atoms with van der Waals surface area (Å²) in [6.45, 7) is 2.00. The van der Waals surface area contributed by atoms with Gasteiger partial charge in [-0.2, -0.15) is 0 Å². The van der Waals surface area contributed by atoms with Crippen molar-refractivity contribution >= 4 is 65.1 Å². The molecule has 2 aromatic rings. The number of phenols is 1. The minimum absolute atomic E-state index is 0.105. The molecule has 2 aliphatic heterocycles. The second-order valence-electron chi connectivity index (χ2n) is 11.1. The Morgan fingerprint density at radius 1 is 1.02 bits per heavy atom. The second kappa shape index (κ2) is 9.84. The van der Waals surface area contributed by atoms with E-state index >= 15 is 0 Å². The van der Waals surface area contributed by atoms with Gasteiger partial charge >= 0.3 is 7.12 Å². The van der Waals surface area contributed by atoms with Crippen molar-refractivity contribution in [2.24, 2.45) is 17.8 Å². The van der Waals surface area contributed by atoms with Crippen molar-refractivity contribution in [2.75, 3.05) is 18.6 Å². The van der Waals surface area contributed by atoms with Gasteiger partial charge in [-0.3, -0.25) is 29.0 Å². The lowest BCUT2D eigenvalue weighted by atomic mass is 9.56. The van der Waals surface area contributed by atoms with E-state index in [1.807, 2.05) is 0 Å². The number of ether oxygens (including phenoxy) is 1. The summed E-state index contributed by atoms with van der Waals surface area (Å²) in [5.74, 6) is -6.20. The highest BCUT2D eigenvalue weighted by Crippen LogP contribution is 2.66. The van der Waals surface area contributed by atoms with Crippen LogP contribution in [0.4, 0.5) is 5.69 Å². The molecule has 10 nitrogen and oxygen atoms in total. The normalized spacial score (nSPS) is 32.0. The first-order valence-corrected chi connectivity index (χ1v) is 14.3. The zero-order valence-corrected chi connectivity index (χ0v) is 24.2. The number of fused-ring (bicyclic) bond motifs is 4. The zero-order valence-electron chi connectivity index (χ0n) is 22.7. The summed E-state index contributed by atoms with van der Waals surface area (Å²) >= 11 is 14.3. The molecule has 6 unspecified atom stereocenters. The largest absolute Gasteiger partial charge is 0.504 e. The fraction of sp³-hybridized carbons (Fsp3) is 0.379. The third kappa shape index (κ3) is 3.66. The molecule has 2 aliphatic carbocycles. The molecule has 218 valence electrons. The topological polar surface area (TPSA) is 145 Å². The van der Waals surface area contributed by atoms with E-state index in [-0.39, 0.29) is 47.7 Å². The van der Waals surface area contributed by atoms with E-state index in [1.165, 1.54) is 31.3 Å². The van der Waals surface area contributed by atoms with Gasteiger partial charge in [0, 0.05) is 18.5 Å². The van der Waals surface area contributed by atoms with E-state index in [9.17, 15) is 34.3 Å². The number of hydrogen-bond donors (Lipinski definition) is 3. The minimum Gasteiger partial charge on any atom is -0.504 e. The van der Waals surface area contributed by atoms with Crippen molar-refractivity contribution < 1.29 is 39.1 Å². The predicted molar refractivity (Wildman–Crippen MR) is 154 cm³/mol. The van der Waals surface area contributed by atoms with Gasteiger partial charge in [-0.15, -0.1) is 23.2 Å². The third-order valence-electron chi connectivity index (χ3n) is 9.08. The van der Waals surface area contributed by atoms with Gasteiger partial charge in [0.25, 0.3) is 11.8 Å². The number of carbonyl (C=O) groups excluding carboxylic acids is 4.